The molecule has 0 bridgehead atoms. The van der Waals surface area contributed by atoms with Gasteiger partial charge in [-0.3, -0.25) is 4.79 Å². The summed E-state index contributed by atoms with van der Waals surface area (Å²) >= 11 is 0. The van der Waals surface area contributed by atoms with Crippen molar-refractivity contribution in [1.29, 1.82) is 0 Å². The Kier molecular flexibility index (Phi) is 4.79. The van der Waals surface area contributed by atoms with Gasteiger partial charge in [0.2, 0.25) is 0 Å². The van der Waals surface area contributed by atoms with Gasteiger partial charge >= 0.3 is 0 Å². The van der Waals surface area contributed by atoms with E-state index in [0.717, 1.165) is 60.1 Å². The van der Waals surface area contributed by atoms with Crippen LogP contribution >= 0.6 is 0 Å². The van der Waals surface area contributed by atoms with E-state index in [-0.39, 0.29) is 5.91 Å². The maximum atomic E-state index is 12.9. The Morgan fingerprint density at radius 3 is 2.74 bits per heavy atom. The van der Waals surface area contributed by atoms with Crippen LogP contribution in [0.4, 0.5) is 5.69 Å². The molecule has 0 aliphatic heterocycles. The summed E-state index contributed by atoms with van der Waals surface area (Å²) in [6, 6.07) is 9.64. The van der Waals surface area contributed by atoms with Crippen LogP contribution in [0.2, 0.25) is 0 Å². The fourth-order valence-electron chi connectivity index (χ4n) is 3.30. The van der Waals surface area contributed by atoms with E-state index in [1.807, 2.05) is 30.3 Å². The van der Waals surface area contributed by atoms with E-state index in [1.165, 1.54) is 0 Å². The number of fused-ring (bicyclic) bond motifs is 1. The number of carbonyl (C=O) groups excluding carboxylic acids is 1. The summed E-state index contributed by atoms with van der Waals surface area (Å²) < 4.78 is 5.44. The van der Waals surface area contributed by atoms with Crippen molar-refractivity contribution in [3.63, 3.8) is 0 Å². The topological polar surface area (TPSA) is 94.0 Å². The lowest BCUT2D eigenvalue weighted by Gasteiger charge is -2.08. The molecule has 2 aromatic heterocycles. The number of anilines is 1. The van der Waals surface area contributed by atoms with Crippen LogP contribution in [0.1, 0.15) is 59.4 Å². The van der Waals surface area contributed by atoms with Crippen LogP contribution in [-0.2, 0) is 12.8 Å². The molecule has 0 spiro atoms. The molecule has 6 heteroatoms. The molecule has 1 aromatic carbocycles. The van der Waals surface area contributed by atoms with E-state index in [1.54, 1.807) is 0 Å². The first-order chi connectivity index (χ1) is 13.2. The smallest absolute Gasteiger partial charge is 0.259 e. The van der Waals surface area contributed by atoms with Gasteiger partial charge in [-0.15, -0.1) is 0 Å². The minimum atomic E-state index is -0.0969. The van der Waals surface area contributed by atoms with Crippen LogP contribution in [0.25, 0.3) is 11.1 Å². The summed E-state index contributed by atoms with van der Waals surface area (Å²) in [5.41, 5.74) is 10.4. The molecule has 0 radical (unpaired) electrons. The molecule has 1 fully saturated rings. The van der Waals surface area contributed by atoms with E-state index >= 15 is 0 Å². The van der Waals surface area contributed by atoms with Crippen molar-refractivity contribution < 1.29 is 9.32 Å². The quantitative estimate of drug-likeness (QED) is 0.625. The molecular formula is C21H24N4O2. The third-order valence-electron chi connectivity index (χ3n) is 4.94. The van der Waals surface area contributed by atoms with Gasteiger partial charge in [-0.2, -0.15) is 0 Å². The first-order valence-corrected chi connectivity index (χ1v) is 9.57. The van der Waals surface area contributed by atoms with Crippen molar-refractivity contribution >= 4 is 22.7 Å². The van der Waals surface area contributed by atoms with Gasteiger partial charge in [0.05, 0.1) is 16.6 Å². The molecule has 4 rings (SSSR count). The lowest BCUT2D eigenvalue weighted by molar-refractivity contribution is 0.0955. The van der Waals surface area contributed by atoms with Crippen molar-refractivity contribution in [3.05, 3.63) is 52.8 Å². The van der Waals surface area contributed by atoms with Crippen molar-refractivity contribution in [2.75, 3.05) is 12.3 Å². The van der Waals surface area contributed by atoms with E-state index in [9.17, 15) is 4.79 Å². The second-order valence-electron chi connectivity index (χ2n) is 7.18. The number of nitrogens with zero attached hydrogens (tertiary/aromatic N) is 2. The fraction of sp³-hybridized carbons (Fsp3) is 0.381. The highest BCUT2D eigenvalue weighted by atomic mass is 16.5. The average molecular weight is 364 g/mol. The summed E-state index contributed by atoms with van der Waals surface area (Å²) in [7, 11) is 0. The average Bonchev–Trinajstić information content (AvgIpc) is 3.45. The summed E-state index contributed by atoms with van der Waals surface area (Å²) in [4.78, 5) is 17.5. The van der Waals surface area contributed by atoms with Gasteiger partial charge in [-0.1, -0.05) is 30.6 Å². The molecule has 3 N–H and O–H groups in total. The zero-order valence-corrected chi connectivity index (χ0v) is 15.5. The summed E-state index contributed by atoms with van der Waals surface area (Å²) in [6.45, 7) is 2.64. The van der Waals surface area contributed by atoms with Crippen LogP contribution in [0.3, 0.4) is 0 Å². The van der Waals surface area contributed by atoms with Gasteiger partial charge in [0.1, 0.15) is 0 Å². The van der Waals surface area contributed by atoms with Crippen LogP contribution in [0.5, 0.6) is 0 Å². The number of hydrogen-bond donors (Lipinski definition) is 2. The van der Waals surface area contributed by atoms with E-state index in [0.29, 0.717) is 23.7 Å². The minimum Gasteiger partial charge on any atom is -0.399 e. The van der Waals surface area contributed by atoms with Crippen molar-refractivity contribution in [2.24, 2.45) is 0 Å². The maximum Gasteiger partial charge on any atom is 0.259 e. The predicted octanol–water partition coefficient (Wildman–Crippen LogP) is 3.61. The normalized spacial score (nSPS) is 13.8. The predicted molar refractivity (Wildman–Crippen MR) is 105 cm³/mol. The van der Waals surface area contributed by atoms with Crippen molar-refractivity contribution in [3.8, 4) is 0 Å². The number of nitrogens with two attached hydrogens (primary N) is 1. The number of aromatic nitrogens is 2. The molecule has 2 heterocycles. The molecule has 6 nitrogen and oxygen atoms in total. The number of carbonyl (C=O) groups is 1. The molecule has 1 saturated carbocycles. The highest BCUT2D eigenvalue weighted by Gasteiger charge is 2.29. The van der Waals surface area contributed by atoms with Gasteiger partial charge in [-0.25, -0.2) is 4.98 Å². The monoisotopic (exact) mass is 364 g/mol. The molecule has 1 amide bonds. The van der Waals surface area contributed by atoms with Crippen molar-refractivity contribution in [2.45, 2.75) is 44.9 Å². The summed E-state index contributed by atoms with van der Waals surface area (Å²) in [5.74, 6) is 0.343. The van der Waals surface area contributed by atoms with Crippen LogP contribution < -0.4 is 11.1 Å². The number of nitrogen functional groups attached to an aromatic ring is 1. The molecule has 0 atom stereocenters. The maximum absolute atomic E-state index is 12.9. The van der Waals surface area contributed by atoms with Gasteiger partial charge in [-0.05, 0) is 49.4 Å². The number of nitrogens with one attached hydrogen (secondary N) is 1. The van der Waals surface area contributed by atoms with Gasteiger partial charge in [0, 0.05) is 23.8 Å². The first-order valence-electron chi connectivity index (χ1n) is 9.57. The molecule has 27 heavy (non-hydrogen) atoms. The Bertz CT molecular complexity index is 958. The lowest BCUT2D eigenvalue weighted by Crippen LogP contribution is -2.26. The Morgan fingerprint density at radius 1 is 1.26 bits per heavy atom. The molecule has 1 aliphatic rings. The SMILES string of the molecule is CCCc1noc2nc(C3CC3)cc(C(=O)NCCc3ccc(N)cc3)c12. The third-order valence-corrected chi connectivity index (χ3v) is 4.94. The van der Waals surface area contributed by atoms with Crippen LogP contribution in [-0.4, -0.2) is 22.6 Å². The number of aryl methyl sites for hydroxylation is 1. The van der Waals surface area contributed by atoms with E-state index in [4.69, 9.17) is 10.3 Å². The number of pyridine rings is 1. The third kappa shape index (κ3) is 3.79. The zero-order chi connectivity index (χ0) is 18.8. The molecule has 0 saturated heterocycles. The second kappa shape index (κ2) is 7.39. The Morgan fingerprint density at radius 2 is 2.04 bits per heavy atom. The minimum absolute atomic E-state index is 0.0969. The molecule has 0 unspecified atom stereocenters. The van der Waals surface area contributed by atoms with Gasteiger partial charge < -0.3 is 15.6 Å². The molecule has 1 aliphatic carbocycles. The highest BCUT2D eigenvalue weighted by Crippen LogP contribution is 2.40. The van der Waals surface area contributed by atoms with Gasteiger partial charge in [0.15, 0.2) is 0 Å². The fourth-order valence-corrected chi connectivity index (χ4v) is 3.30. The Hall–Kier alpha value is -2.89. The number of benzene rings is 1. The standard InChI is InChI=1S/C21H24N4O2/c1-2-3-17-19-16(12-18(14-6-7-14)24-21(19)27-25-17)20(26)23-11-10-13-4-8-15(22)9-5-13/h4-5,8-9,12,14H,2-3,6-7,10-11,22H2,1H3,(H,23,26). The van der Waals surface area contributed by atoms with Crippen LogP contribution in [0.15, 0.2) is 34.9 Å². The summed E-state index contributed by atoms with van der Waals surface area (Å²) in [6.07, 6.45) is 4.69. The highest BCUT2D eigenvalue weighted by molar-refractivity contribution is 6.06. The Labute approximate surface area is 158 Å². The van der Waals surface area contributed by atoms with Crippen molar-refractivity contribution in [1.82, 2.24) is 15.5 Å². The zero-order valence-electron chi connectivity index (χ0n) is 15.5. The second-order valence-corrected chi connectivity index (χ2v) is 7.18. The first kappa shape index (κ1) is 17.5. The van der Waals surface area contributed by atoms with E-state index < -0.39 is 0 Å². The van der Waals surface area contributed by atoms with Gasteiger partial charge in [0.25, 0.3) is 11.6 Å². The molecule has 140 valence electrons. The number of hydrogen-bond acceptors (Lipinski definition) is 5. The number of amides is 1. The number of rotatable bonds is 7. The lowest BCUT2D eigenvalue weighted by atomic mass is 10.0. The summed E-state index contributed by atoms with van der Waals surface area (Å²) in [5, 5.41) is 7.94. The van der Waals surface area contributed by atoms with Crippen LogP contribution in [0, 0.1) is 0 Å². The molecule has 3 aromatic rings. The largest absolute Gasteiger partial charge is 0.399 e. The molecular weight excluding hydrogens is 340 g/mol. The van der Waals surface area contributed by atoms with E-state index in [2.05, 4.69) is 22.4 Å². The Balaban J connectivity index is 1.55.